The summed E-state index contributed by atoms with van der Waals surface area (Å²) in [6.07, 6.45) is 0. The molecule has 0 fully saturated rings. The average molecular weight is 382 g/mol. The van der Waals surface area contributed by atoms with Crippen LogP contribution in [0.25, 0.3) is 22.3 Å². The minimum absolute atomic E-state index is 0.204. The Morgan fingerprint density at radius 3 is 2.00 bits per heavy atom. The molecule has 1 aromatic heterocycles. The SMILES string of the molecule is Cc1cc(-c2ccc(-c3c(C(=O)O)c(N)[nH]c(=O)c3C(=O)O)cc2)ccc1F. The summed E-state index contributed by atoms with van der Waals surface area (Å²) in [5.41, 5.74) is 5.24. The number of carbonyl (C=O) groups is 2. The molecule has 0 aliphatic carbocycles. The number of aryl methyl sites for hydroxylation is 1. The van der Waals surface area contributed by atoms with E-state index in [1.807, 2.05) is 0 Å². The molecule has 3 rings (SSSR count). The number of halogens is 1. The van der Waals surface area contributed by atoms with E-state index >= 15 is 0 Å². The van der Waals surface area contributed by atoms with Gasteiger partial charge in [0.25, 0.3) is 5.56 Å². The minimum Gasteiger partial charge on any atom is -0.478 e. The lowest BCUT2D eigenvalue weighted by molar-refractivity contribution is 0.0695. The molecule has 0 amide bonds. The lowest BCUT2D eigenvalue weighted by Gasteiger charge is -2.13. The first-order valence-electron chi connectivity index (χ1n) is 8.10. The van der Waals surface area contributed by atoms with Gasteiger partial charge in [-0.1, -0.05) is 30.3 Å². The van der Waals surface area contributed by atoms with E-state index in [1.165, 1.54) is 18.2 Å². The quantitative estimate of drug-likeness (QED) is 0.548. The molecule has 3 aromatic rings. The molecule has 8 heteroatoms. The Kier molecular flexibility index (Phi) is 4.70. The predicted molar refractivity (Wildman–Crippen MR) is 101 cm³/mol. The number of anilines is 1. The van der Waals surface area contributed by atoms with Crippen LogP contribution in [0, 0.1) is 12.7 Å². The van der Waals surface area contributed by atoms with Gasteiger partial charge in [-0.15, -0.1) is 0 Å². The van der Waals surface area contributed by atoms with E-state index in [0.717, 1.165) is 5.56 Å². The van der Waals surface area contributed by atoms with Gasteiger partial charge in [0.15, 0.2) is 0 Å². The summed E-state index contributed by atoms with van der Waals surface area (Å²) in [6.45, 7) is 1.63. The van der Waals surface area contributed by atoms with Crippen LogP contribution in [0.3, 0.4) is 0 Å². The van der Waals surface area contributed by atoms with Gasteiger partial charge in [0, 0.05) is 5.56 Å². The number of aromatic carboxylic acids is 2. The molecule has 0 aliphatic rings. The molecule has 1 heterocycles. The standard InChI is InChI=1S/C20H15FN2O5/c1-9-8-12(6-7-13(9)21)10-2-4-11(5-3-10)14-15(19(25)26)17(22)23-18(24)16(14)20(27)28/h2-8H,1H3,(H,25,26)(H,27,28)(H3,22,23,24). The molecule has 0 radical (unpaired) electrons. The number of nitrogens with two attached hydrogens (primary N) is 1. The van der Waals surface area contributed by atoms with E-state index in [2.05, 4.69) is 4.98 Å². The van der Waals surface area contributed by atoms with Crippen LogP contribution in [0.1, 0.15) is 26.3 Å². The molecule has 7 nitrogen and oxygen atoms in total. The summed E-state index contributed by atoms with van der Waals surface area (Å²) in [5.74, 6) is -3.81. The van der Waals surface area contributed by atoms with Gasteiger partial charge in [-0.05, 0) is 41.3 Å². The normalized spacial score (nSPS) is 10.6. The molecule has 5 N–H and O–H groups in total. The third-order valence-corrected chi connectivity index (χ3v) is 4.34. The highest BCUT2D eigenvalue weighted by Gasteiger charge is 2.26. The molecule has 0 atom stereocenters. The van der Waals surface area contributed by atoms with Crippen molar-refractivity contribution in [3.63, 3.8) is 0 Å². The molecule has 0 unspecified atom stereocenters. The van der Waals surface area contributed by atoms with Crippen molar-refractivity contribution in [1.82, 2.24) is 4.98 Å². The summed E-state index contributed by atoms with van der Waals surface area (Å²) in [5, 5.41) is 18.9. The second-order valence-electron chi connectivity index (χ2n) is 6.14. The van der Waals surface area contributed by atoms with Crippen LogP contribution in [-0.4, -0.2) is 27.1 Å². The Hall–Kier alpha value is -3.94. The minimum atomic E-state index is -1.57. The van der Waals surface area contributed by atoms with Crippen LogP contribution >= 0.6 is 0 Å². The third kappa shape index (κ3) is 3.23. The second-order valence-corrected chi connectivity index (χ2v) is 6.14. The lowest BCUT2D eigenvalue weighted by atomic mass is 9.93. The van der Waals surface area contributed by atoms with Crippen molar-refractivity contribution in [3.05, 3.63) is 75.3 Å². The van der Waals surface area contributed by atoms with Crippen LogP contribution in [0.2, 0.25) is 0 Å². The Morgan fingerprint density at radius 1 is 0.929 bits per heavy atom. The second kappa shape index (κ2) is 6.99. The number of H-pyrrole nitrogens is 1. The van der Waals surface area contributed by atoms with Crippen molar-refractivity contribution in [2.24, 2.45) is 0 Å². The zero-order valence-electron chi connectivity index (χ0n) is 14.6. The maximum absolute atomic E-state index is 13.5. The Morgan fingerprint density at radius 2 is 1.46 bits per heavy atom. The molecular formula is C20H15FN2O5. The van der Waals surface area contributed by atoms with Gasteiger partial charge < -0.3 is 20.9 Å². The highest BCUT2D eigenvalue weighted by Crippen LogP contribution is 2.31. The molecule has 0 saturated heterocycles. The van der Waals surface area contributed by atoms with Gasteiger partial charge in [-0.2, -0.15) is 0 Å². The van der Waals surface area contributed by atoms with Gasteiger partial charge >= 0.3 is 11.9 Å². The maximum Gasteiger partial charge on any atom is 0.342 e. The number of rotatable bonds is 4. The number of nitrogens with one attached hydrogen (secondary N) is 1. The van der Waals surface area contributed by atoms with Crippen LogP contribution in [0.5, 0.6) is 0 Å². The largest absolute Gasteiger partial charge is 0.478 e. The summed E-state index contributed by atoms with van der Waals surface area (Å²) >= 11 is 0. The number of nitrogen functional groups attached to an aromatic ring is 1. The van der Waals surface area contributed by atoms with Crippen molar-refractivity contribution in [1.29, 1.82) is 0 Å². The highest BCUT2D eigenvalue weighted by atomic mass is 19.1. The monoisotopic (exact) mass is 382 g/mol. The molecule has 0 saturated carbocycles. The van der Waals surface area contributed by atoms with Crippen LogP contribution in [0.15, 0.2) is 47.3 Å². The Bertz CT molecular complexity index is 1170. The summed E-state index contributed by atoms with van der Waals surface area (Å²) in [6, 6.07) is 10.8. The molecule has 28 heavy (non-hydrogen) atoms. The van der Waals surface area contributed by atoms with E-state index in [-0.39, 0.29) is 16.9 Å². The van der Waals surface area contributed by atoms with Gasteiger partial charge in [-0.3, -0.25) is 4.79 Å². The van der Waals surface area contributed by atoms with Gasteiger partial charge in [-0.25, -0.2) is 14.0 Å². The van der Waals surface area contributed by atoms with E-state index in [4.69, 9.17) is 5.73 Å². The first kappa shape index (κ1) is 18.8. The van der Waals surface area contributed by atoms with E-state index in [0.29, 0.717) is 11.1 Å². The molecular weight excluding hydrogens is 367 g/mol. The van der Waals surface area contributed by atoms with Gasteiger partial charge in [0.05, 0.1) is 0 Å². The first-order valence-corrected chi connectivity index (χ1v) is 8.10. The number of pyridine rings is 1. The summed E-state index contributed by atoms with van der Waals surface area (Å²) < 4.78 is 13.5. The zero-order valence-corrected chi connectivity index (χ0v) is 14.6. The molecule has 2 aromatic carbocycles. The van der Waals surface area contributed by atoms with Crippen LogP contribution in [0.4, 0.5) is 10.2 Å². The van der Waals surface area contributed by atoms with Crippen molar-refractivity contribution < 1.29 is 24.2 Å². The zero-order chi connectivity index (χ0) is 20.6. The molecule has 0 aliphatic heterocycles. The van der Waals surface area contributed by atoms with Crippen molar-refractivity contribution in [2.45, 2.75) is 6.92 Å². The molecule has 142 valence electrons. The maximum atomic E-state index is 13.5. The smallest absolute Gasteiger partial charge is 0.342 e. The van der Waals surface area contributed by atoms with E-state index in [9.17, 15) is 29.0 Å². The number of hydrogen-bond donors (Lipinski definition) is 4. The predicted octanol–water partition coefficient (Wildman–Crippen LogP) is 3.14. The van der Waals surface area contributed by atoms with Gasteiger partial charge in [0.1, 0.15) is 22.8 Å². The number of aromatic amines is 1. The van der Waals surface area contributed by atoms with Crippen LogP contribution < -0.4 is 11.3 Å². The Labute approximate surface area is 157 Å². The number of aromatic nitrogens is 1. The van der Waals surface area contributed by atoms with Crippen molar-refractivity contribution in [3.8, 4) is 22.3 Å². The Balaban J connectivity index is 2.21. The number of carboxylic acid groups (broad SMARTS) is 2. The summed E-state index contributed by atoms with van der Waals surface area (Å²) in [7, 11) is 0. The first-order chi connectivity index (χ1) is 13.2. The molecule has 0 spiro atoms. The third-order valence-electron chi connectivity index (χ3n) is 4.34. The fourth-order valence-electron chi connectivity index (χ4n) is 2.99. The van der Waals surface area contributed by atoms with Crippen molar-refractivity contribution >= 4 is 17.8 Å². The van der Waals surface area contributed by atoms with Crippen LogP contribution in [-0.2, 0) is 0 Å². The lowest BCUT2D eigenvalue weighted by Crippen LogP contribution is -2.24. The number of carboxylic acids is 2. The number of hydrogen-bond acceptors (Lipinski definition) is 4. The summed E-state index contributed by atoms with van der Waals surface area (Å²) in [4.78, 5) is 37.3. The number of benzene rings is 2. The van der Waals surface area contributed by atoms with Crippen molar-refractivity contribution in [2.75, 3.05) is 5.73 Å². The van der Waals surface area contributed by atoms with E-state index in [1.54, 1.807) is 31.2 Å². The fourth-order valence-corrected chi connectivity index (χ4v) is 2.99. The molecule has 0 bridgehead atoms. The topological polar surface area (TPSA) is 133 Å². The fraction of sp³-hybridized carbons (Fsp3) is 0.0500. The average Bonchev–Trinajstić information content (AvgIpc) is 2.62. The van der Waals surface area contributed by atoms with E-state index < -0.39 is 34.4 Å². The highest BCUT2D eigenvalue weighted by molar-refractivity contribution is 6.07. The van der Waals surface area contributed by atoms with Gasteiger partial charge in [0.2, 0.25) is 0 Å².